The molecular formula is C16H16N4OS. The molecule has 0 aliphatic heterocycles. The summed E-state index contributed by atoms with van der Waals surface area (Å²) in [6.45, 7) is 2.00. The predicted molar refractivity (Wildman–Crippen MR) is 89.1 cm³/mol. The van der Waals surface area contributed by atoms with Crippen LogP contribution in [0.4, 0.5) is 5.69 Å². The quantitative estimate of drug-likeness (QED) is 0.709. The SMILES string of the molecule is CCc1nc(SCC(=O)Nc2ccc3ccccc3c2)n[nH]1. The van der Waals surface area contributed by atoms with Gasteiger partial charge in [0.2, 0.25) is 11.1 Å². The van der Waals surface area contributed by atoms with Crippen LogP contribution >= 0.6 is 11.8 Å². The molecule has 0 bridgehead atoms. The molecule has 112 valence electrons. The fraction of sp³-hybridized carbons (Fsp3) is 0.188. The van der Waals surface area contributed by atoms with Crippen LogP contribution in [0.1, 0.15) is 12.7 Å². The lowest BCUT2D eigenvalue weighted by atomic mass is 10.1. The summed E-state index contributed by atoms with van der Waals surface area (Å²) in [4.78, 5) is 16.3. The van der Waals surface area contributed by atoms with Gasteiger partial charge in [0.25, 0.3) is 0 Å². The number of aromatic amines is 1. The highest BCUT2D eigenvalue weighted by Gasteiger charge is 2.07. The van der Waals surface area contributed by atoms with E-state index in [-0.39, 0.29) is 11.7 Å². The number of amides is 1. The minimum Gasteiger partial charge on any atom is -0.325 e. The lowest BCUT2D eigenvalue weighted by molar-refractivity contribution is -0.113. The molecule has 0 saturated heterocycles. The first-order valence-corrected chi connectivity index (χ1v) is 8.06. The summed E-state index contributed by atoms with van der Waals surface area (Å²) in [6.07, 6.45) is 0.802. The number of nitrogens with one attached hydrogen (secondary N) is 2. The van der Waals surface area contributed by atoms with E-state index in [0.29, 0.717) is 5.16 Å². The van der Waals surface area contributed by atoms with Gasteiger partial charge < -0.3 is 5.32 Å². The van der Waals surface area contributed by atoms with E-state index in [9.17, 15) is 4.79 Å². The third-order valence-corrected chi connectivity index (χ3v) is 4.06. The van der Waals surface area contributed by atoms with E-state index in [1.807, 2.05) is 49.4 Å². The molecule has 0 aliphatic rings. The normalized spacial score (nSPS) is 10.8. The second-order valence-electron chi connectivity index (χ2n) is 4.82. The van der Waals surface area contributed by atoms with Crippen LogP contribution in [0.15, 0.2) is 47.6 Å². The van der Waals surface area contributed by atoms with Gasteiger partial charge >= 0.3 is 0 Å². The van der Waals surface area contributed by atoms with E-state index in [4.69, 9.17) is 0 Å². The Bertz CT molecular complexity index is 799. The summed E-state index contributed by atoms with van der Waals surface area (Å²) in [5.74, 6) is 1.05. The molecule has 0 saturated carbocycles. The van der Waals surface area contributed by atoms with Crippen LogP contribution in [0.3, 0.4) is 0 Å². The van der Waals surface area contributed by atoms with Gasteiger partial charge in [-0.2, -0.15) is 0 Å². The number of anilines is 1. The molecule has 0 spiro atoms. The zero-order valence-electron chi connectivity index (χ0n) is 12.2. The topological polar surface area (TPSA) is 70.7 Å². The molecule has 0 radical (unpaired) electrons. The van der Waals surface area contributed by atoms with E-state index in [1.54, 1.807) is 0 Å². The van der Waals surface area contributed by atoms with Crippen LogP contribution in [0.2, 0.25) is 0 Å². The van der Waals surface area contributed by atoms with Crippen LogP contribution in [0.5, 0.6) is 0 Å². The van der Waals surface area contributed by atoms with Crippen molar-refractivity contribution in [3.63, 3.8) is 0 Å². The van der Waals surface area contributed by atoms with Gasteiger partial charge in [-0.3, -0.25) is 9.89 Å². The Balaban J connectivity index is 1.60. The van der Waals surface area contributed by atoms with Gasteiger partial charge in [0.15, 0.2) is 0 Å². The van der Waals surface area contributed by atoms with E-state index in [2.05, 4.69) is 20.5 Å². The zero-order chi connectivity index (χ0) is 15.4. The minimum atomic E-state index is -0.0665. The molecule has 2 N–H and O–H groups in total. The number of benzene rings is 2. The summed E-state index contributed by atoms with van der Waals surface area (Å²) < 4.78 is 0. The molecular weight excluding hydrogens is 296 g/mol. The van der Waals surface area contributed by atoms with Crippen molar-refractivity contribution >= 4 is 34.1 Å². The molecule has 0 aliphatic carbocycles. The number of carbonyl (C=O) groups excluding carboxylic acids is 1. The summed E-state index contributed by atoms with van der Waals surface area (Å²) in [7, 11) is 0. The molecule has 2 aromatic carbocycles. The van der Waals surface area contributed by atoms with Gasteiger partial charge in [-0.05, 0) is 22.9 Å². The molecule has 1 aromatic heterocycles. The maximum absolute atomic E-state index is 12.0. The number of H-pyrrole nitrogens is 1. The van der Waals surface area contributed by atoms with E-state index in [0.717, 1.165) is 28.7 Å². The average molecular weight is 312 g/mol. The van der Waals surface area contributed by atoms with Crippen LogP contribution < -0.4 is 5.32 Å². The predicted octanol–water partition coefficient (Wildman–Crippen LogP) is 3.25. The number of hydrogen-bond acceptors (Lipinski definition) is 4. The molecule has 22 heavy (non-hydrogen) atoms. The Labute approximate surface area is 132 Å². The van der Waals surface area contributed by atoms with Gasteiger partial charge in [0, 0.05) is 12.1 Å². The van der Waals surface area contributed by atoms with Gasteiger partial charge in [-0.1, -0.05) is 49.0 Å². The number of thioether (sulfide) groups is 1. The summed E-state index contributed by atoms with van der Waals surface area (Å²) in [6, 6.07) is 13.9. The molecule has 3 rings (SSSR count). The third-order valence-electron chi connectivity index (χ3n) is 3.21. The van der Waals surface area contributed by atoms with Gasteiger partial charge in [-0.15, -0.1) is 5.10 Å². The molecule has 6 heteroatoms. The Hall–Kier alpha value is -2.34. The zero-order valence-corrected chi connectivity index (χ0v) is 13.0. The second-order valence-corrected chi connectivity index (χ2v) is 5.76. The molecule has 3 aromatic rings. The van der Waals surface area contributed by atoms with Crippen molar-refractivity contribution in [1.82, 2.24) is 15.2 Å². The molecule has 0 fully saturated rings. The summed E-state index contributed by atoms with van der Waals surface area (Å²) in [5.41, 5.74) is 0.800. The fourth-order valence-corrected chi connectivity index (χ4v) is 2.71. The molecule has 5 nitrogen and oxygen atoms in total. The Morgan fingerprint density at radius 2 is 2.05 bits per heavy atom. The van der Waals surface area contributed by atoms with Crippen molar-refractivity contribution in [2.45, 2.75) is 18.5 Å². The maximum atomic E-state index is 12.0. The van der Waals surface area contributed by atoms with Crippen LogP contribution in [0.25, 0.3) is 10.8 Å². The van der Waals surface area contributed by atoms with E-state index in [1.165, 1.54) is 11.8 Å². The van der Waals surface area contributed by atoms with Gasteiger partial charge in [0.05, 0.1) is 5.75 Å². The average Bonchev–Trinajstić information content (AvgIpc) is 3.01. The van der Waals surface area contributed by atoms with Crippen molar-refractivity contribution in [2.75, 3.05) is 11.1 Å². The minimum absolute atomic E-state index is 0.0665. The first-order valence-electron chi connectivity index (χ1n) is 7.07. The van der Waals surface area contributed by atoms with Crippen molar-refractivity contribution < 1.29 is 4.79 Å². The van der Waals surface area contributed by atoms with Crippen molar-refractivity contribution in [1.29, 1.82) is 0 Å². The number of carbonyl (C=O) groups is 1. The first kappa shape index (κ1) is 14.6. The first-order chi connectivity index (χ1) is 10.7. The van der Waals surface area contributed by atoms with Crippen molar-refractivity contribution in [3.05, 3.63) is 48.3 Å². The number of nitrogens with zero attached hydrogens (tertiary/aromatic N) is 2. The number of rotatable bonds is 5. The van der Waals surface area contributed by atoms with Crippen molar-refractivity contribution in [2.24, 2.45) is 0 Å². The lowest BCUT2D eigenvalue weighted by Crippen LogP contribution is -2.14. The number of aromatic nitrogens is 3. The molecule has 1 heterocycles. The van der Waals surface area contributed by atoms with Crippen LogP contribution in [-0.2, 0) is 11.2 Å². The monoisotopic (exact) mass is 312 g/mol. The number of fused-ring (bicyclic) bond motifs is 1. The number of aryl methyl sites for hydroxylation is 1. The third kappa shape index (κ3) is 3.46. The number of hydrogen-bond donors (Lipinski definition) is 2. The largest absolute Gasteiger partial charge is 0.325 e. The second kappa shape index (κ2) is 6.62. The van der Waals surface area contributed by atoms with Crippen molar-refractivity contribution in [3.8, 4) is 0 Å². The van der Waals surface area contributed by atoms with Crippen LogP contribution in [-0.4, -0.2) is 26.8 Å². The highest BCUT2D eigenvalue weighted by Crippen LogP contribution is 2.19. The summed E-state index contributed by atoms with van der Waals surface area (Å²) >= 11 is 1.32. The van der Waals surface area contributed by atoms with Crippen LogP contribution in [0, 0.1) is 0 Å². The summed E-state index contributed by atoms with van der Waals surface area (Å²) in [5, 5.41) is 12.7. The van der Waals surface area contributed by atoms with E-state index >= 15 is 0 Å². The molecule has 1 amide bonds. The smallest absolute Gasteiger partial charge is 0.234 e. The lowest BCUT2D eigenvalue weighted by Gasteiger charge is -2.05. The Kier molecular flexibility index (Phi) is 4.39. The van der Waals surface area contributed by atoms with Gasteiger partial charge in [0.1, 0.15) is 5.82 Å². The Morgan fingerprint density at radius 1 is 1.23 bits per heavy atom. The molecule has 0 atom stereocenters. The standard InChI is InChI=1S/C16H16N4OS/c1-2-14-18-16(20-19-14)22-10-15(21)17-13-8-7-11-5-3-4-6-12(11)9-13/h3-9H,2,10H2,1H3,(H,17,21)(H,18,19,20). The highest BCUT2D eigenvalue weighted by molar-refractivity contribution is 7.99. The van der Waals surface area contributed by atoms with Gasteiger partial charge in [-0.25, -0.2) is 4.98 Å². The van der Waals surface area contributed by atoms with E-state index < -0.39 is 0 Å². The highest BCUT2D eigenvalue weighted by atomic mass is 32.2. The Morgan fingerprint density at radius 3 is 2.82 bits per heavy atom. The molecule has 0 unspecified atom stereocenters. The fourth-order valence-electron chi connectivity index (χ4n) is 2.09. The maximum Gasteiger partial charge on any atom is 0.234 e.